The lowest BCUT2D eigenvalue weighted by Gasteiger charge is -2.12. The first-order valence-corrected chi connectivity index (χ1v) is 8.16. The monoisotopic (exact) mass is 357 g/mol. The molecule has 0 radical (unpaired) electrons. The summed E-state index contributed by atoms with van der Waals surface area (Å²) in [6, 6.07) is 6.22. The van der Waals surface area contributed by atoms with E-state index in [2.05, 4.69) is 62.7 Å². The summed E-state index contributed by atoms with van der Waals surface area (Å²) in [5.74, 6) is 0.963. The molecule has 20 heavy (non-hydrogen) atoms. The Labute approximate surface area is 134 Å². The van der Waals surface area contributed by atoms with E-state index in [0.717, 1.165) is 35.3 Å². The van der Waals surface area contributed by atoms with Crippen molar-refractivity contribution in [3.63, 3.8) is 0 Å². The maximum Gasteiger partial charge on any atom is 0.127 e. The van der Waals surface area contributed by atoms with Crippen LogP contribution in [0.15, 0.2) is 22.7 Å². The van der Waals surface area contributed by atoms with Crippen LogP contribution in [0.25, 0.3) is 11.0 Å². The standard InChI is InChI=1S/C15H21BrClN3/c1-11(17)15-18-13-10-12(16)6-7-14(13)20(15)9-5-4-8-19(2)3/h6-7,10-11H,4-5,8-9H2,1-3H3. The van der Waals surface area contributed by atoms with E-state index in [0.29, 0.717) is 0 Å². The third-order valence-corrected chi connectivity index (χ3v) is 4.02. The minimum atomic E-state index is -0.0741. The van der Waals surface area contributed by atoms with Crippen molar-refractivity contribution in [2.45, 2.75) is 31.7 Å². The number of aryl methyl sites for hydroxylation is 1. The number of alkyl halides is 1. The van der Waals surface area contributed by atoms with Crippen molar-refractivity contribution in [1.82, 2.24) is 14.5 Å². The fourth-order valence-corrected chi connectivity index (χ4v) is 2.87. The predicted octanol–water partition coefficient (Wildman–Crippen LogP) is 4.44. The molecule has 1 aromatic heterocycles. The van der Waals surface area contributed by atoms with Gasteiger partial charge in [-0.25, -0.2) is 4.98 Å². The van der Waals surface area contributed by atoms with E-state index in [-0.39, 0.29) is 5.38 Å². The quantitative estimate of drug-likeness (QED) is 0.562. The van der Waals surface area contributed by atoms with Gasteiger partial charge in [-0.05, 0) is 58.6 Å². The molecular weight excluding hydrogens is 338 g/mol. The molecule has 1 heterocycles. The molecule has 0 aliphatic carbocycles. The second-order valence-electron chi connectivity index (χ2n) is 5.38. The minimum absolute atomic E-state index is 0.0741. The predicted molar refractivity (Wildman–Crippen MR) is 89.5 cm³/mol. The van der Waals surface area contributed by atoms with Crippen molar-refractivity contribution in [2.75, 3.05) is 20.6 Å². The molecule has 1 unspecified atom stereocenters. The highest BCUT2D eigenvalue weighted by Crippen LogP contribution is 2.27. The Bertz CT molecular complexity index is 578. The van der Waals surface area contributed by atoms with Crippen LogP contribution in [0.1, 0.15) is 31.0 Å². The lowest BCUT2D eigenvalue weighted by atomic mass is 10.2. The Morgan fingerprint density at radius 2 is 2.10 bits per heavy atom. The van der Waals surface area contributed by atoms with Gasteiger partial charge in [0.1, 0.15) is 5.82 Å². The first-order valence-electron chi connectivity index (χ1n) is 6.93. The molecule has 0 aliphatic heterocycles. The molecule has 0 aliphatic rings. The van der Waals surface area contributed by atoms with E-state index in [1.54, 1.807) is 0 Å². The van der Waals surface area contributed by atoms with E-state index in [1.165, 1.54) is 11.9 Å². The van der Waals surface area contributed by atoms with E-state index < -0.39 is 0 Å². The van der Waals surface area contributed by atoms with Crippen LogP contribution in [-0.4, -0.2) is 35.1 Å². The average molecular weight is 359 g/mol. The van der Waals surface area contributed by atoms with Gasteiger partial charge < -0.3 is 9.47 Å². The highest BCUT2D eigenvalue weighted by Gasteiger charge is 2.14. The number of benzene rings is 1. The van der Waals surface area contributed by atoms with E-state index in [1.807, 2.05) is 6.92 Å². The Morgan fingerprint density at radius 3 is 2.75 bits per heavy atom. The number of imidazole rings is 1. The number of hydrogen-bond donors (Lipinski definition) is 0. The fraction of sp³-hybridized carbons (Fsp3) is 0.533. The van der Waals surface area contributed by atoms with Gasteiger partial charge in [0.25, 0.3) is 0 Å². The van der Waals surface area contributed by atoms with Crippen molar-refractivity contribution in [3.05, 3.63) is 28.5 Å². The molecule has 3 nitrogen and oxygen atoms in total. The molecule has 110 valence electrons. The number of unbranched alkanes of at least 4 members (excludes halogenated alkanes) is 1. The summed E-state index contributed by atoms with van der Waals surface area (Å²) in [5.41, 5.74) is 2.18. The summed E-state index contributed by atoms with van der Waals surface area (Å²) >= 11 is 9.77. The Hall–Kier alpha value is -0.580. The summed E-state index contributed by atoms with van der Waals surface area (Å²) in [5, 5.41) is -0.0741. The van der Waals surface area contributed by atoms with Crippen LogP contribution in [0.3, 0.4) is 0 Å². The molecule has 0 N–H and O–H groups in total. The molecule has 0 amide bonds. The van der Waals surface area contributed by atoms with Gasteiger partial charge in [-0.3, -0.25) is 0 Å². The van der Waals surface area contributed by atoms with E-state index in [4.69, 9.17) is 11.6 Å². The van der Waals surface area contributed by atoms with Gasteiger partial charge in [0, 0.05) is 11.0 Å². The molecule has 0 saturated heterocycles. The number of aromatic nitrogens is 2. The van der Waals surface area contributed by atoms with Gasteiger partial charge in [0.2, 0.25) is 0 Å². The van der Waals surface area contributed by atoms with Crippen molar-refractivity contribution in [3.8, 4) is 0 Å². The summed E-state index contributed by atoms with van der Waals surface area (Å²) in [4.78, 5) is 6.89. The average Bonchev–Trinajstić information content (AvgIpc) is 2.72. The normalized spacial score (nSPS) is 13.3. The number of rotatable bonds is 6. The molecule has 0 fully saturated rings. The third-order valence-electron chi connectivity index (χ3n) is 3.33. The summed E-state index contributed by atoms with van der Waals surface area (Å²) in [6.07, 6.45) is 2.32. The number of halogens is 2. The zero-order chi connectivity index (χ0) is 14.7. The van der Waals surface area contributed by atoms with Crippen molar-refractivity contribution in [1.29, 1.82) is 0 Å². The highest BCUT2D eigenvalue weighted by molar-refractivity contribution is 9.10. The lowest BCUT2D eigenvalue weighted by Crippen LogP contribution is -2.14. The summed E-state index contributed by atoms with van der Waals surface area (Å²) in [6.45, 7) is 4.07. The fourth-order valence-electron chi connectivity index (χ4n) is 2.36. The van der Waals surface area contributed by atoms with Crippen molar-refractivity contribution < 1.29 is 0 Å². The second-order valence-corrected chi connectivity index (χ2v) is 6.95. The number of fused-ring (bicyclic) bond motifs is 1. The van der Waals surface area contributed by atoms with Gasteiger partial charge in [-0.1, -0.05) is 15.9 Å². The Kier molecular flexibility index (Phi) is 5.47. The third kappa shape index (κ3) is 3.74. The van der Waals surface area contributed by atoms with Crippen LogP contribution in [-0.2, 0) is 6.54 Å². The van der Waals surface area contributed by atoms with E-state index in [9.17, 15) is 0 Å². The largest absolute Gasteiger partial charge is 0.327 e. The van der Waals surface area contributed by atoms with Crippen LogP contribution in [0.4, 0.5) is 0 Å². The van der Waals surface area contributed by atoms with Gasteiger partial charge >= 0.3 is 0 Å². The molecule has 2 aromatic rings. The molecule has 1 atom stereocenters. The molecule has 0 spiro atoms. The van der Waals surface area contributed by atoms with Crippen LogP contribution >= 0.6 is 27.5 Å². The maximum absolute atomic E-state index is 6.28. The van der Waals surface area contributed by atoms with Gasteiger partial charge in [0.05, 0.1) is 16.4 Å². The first-order chi connectivity index (χ1) is 9.49. The van der Waals surface area contributed by atoms with E-state index >= 15 is 0 Å². The molecule has 0 saturated carbocycles. The van der Waals surface area contributed by atoms with Crippen molar-refractivity contribution in [2.24, 2.45) is 0 Å². The minimum Gasteiger partial charge on any atom is -0.327 e. The highest BCUT2D eigenvalue weighted by atomic mass is 79.9. The zero-order valence-electron chi connectivity index (χ0n) is 12.2. The summed E-state index contributed by atoms with van der Waals surface area (Å²) < 4.78 is 3.31. The van der Waals surface area contributed by atoms with Gasteiger partial charge in [-0.2, -0.15) is 0 Å². The summed E-state index contributed by atoms with van der Waals surface area (Å²) in [7, 11) is 4.22. The number of nitrogens with zero attached hydrogens (tertiary/aromatic N) is 3. The maximum atomic E-state index is 6.28. The van der Waals surface area contributed by atoms with Crippen LogP contribution in [0.2, 0.25) is 0 Å². The number of hydrogen-bond acceptors (Lipinski definition) is 2. The van der Waals surface area contributed by atoms with Crippen LogP contribution < -0.4 is 0 Å². The van der Waals surface area contributed by atoms with Gasteiger partial charge in [-0.15, -0.1) is 11.6 Å². The molecule has 2 rings (SSSR count). The smallest absolute Gasteiger partial charge is 0.127 e. The van der Waals surface area contributed by atoms with Crippen LogP contribution in [0.5, 0.6) is 0 Å². The SMILES string of the molecule is CC(Cl)c1nc2cc(Br)ccc2n1CCCCN(C)C. The Morgan fingerprint density at radius 1 is 1.35 bits per heavy atom. The second kappa shape index (κ2) is 6.92. The Balaban J connectivity index is 2.22. The van der Waals surface area contributed by atoms with Gasteiger partial charge in [0.15, 0.2) is 0 Å². The molecule has 5 heteroatoms. The lowest BCUT2D eigenvalue weighted by molar-refractivity contribution is 0.387. The van der Waals surface area contributed by atoms with Crippen LogP contribution in [0, 0.1) is 0 Å². The zero-order valence-corrected chi connectivity index (χ0v) is 14.6. The van der Waals surface area contributed by atoms with Crippen molar-refractivity contribution >= 4 is 38.6 Å². The first kappa shape index (κ1) is 15.8. The molecule has 0 bridgehead atoms. The molecule has 1 aromatic carbocycles. The topological polar surface area (TPSA) is 21.1 Å². The molecular formula is C15H21BrClN3.